The summed E-state index contributed by atoms with van der Waals surface area (Å²) in [4.78, 5) is 16.1. The summed E-state index contributed by atoms with van der Waals surface area (Å²) < 4.78 is 1.78. The van der Waals surface area contributed by atoms with Crippen molar-refractivity contribution in [3.05, 3.63) is 47.9 Å². The van der Waals surface area contributed by atoms with Gasteiger partial charge in [-0.3, -0.25) is 9.48 Å². The second-order valence-electron chi connectivity index (χ2n) is 6.32. The fourth-order valence-electron chi connectivity index (χ4n) is 3.60. The van der Waals surface area contributed by atoms with Gasteiger partial charge in [0.15, 0.2) is 0 Å². The summed E-state index contributed by atoms with van der Waals surface area (Å²) in [7, 11) is 0. The zero-order chi connectivity index (χ0) is 16.4. The molecule has 1 unspecified atom stereocenters. The molecule has 1 aliphatic rings. The number of fused-ring (bicyclic) bond motifs is 3. The molecule has 0 saturated carbocycles. The fourth-order valence-corrected chi connectivity index (χ4v) is 3.60. The summed E-state index contributed by atoms with van der Waals surface area (Å²) >= 11 is 0. The molecule has 24 heavy (non-hydrogen) atoms. The zero-order valence-electron chi connectivity index (χ0n) is 13.5. The molecular formula is C18H21N5O. The lowest BCUT2D eigenvalue weighted by atomic mass is 9.86. The van der Waals surface area contributed by atoms with Gasteiger partial charge < -0.3 is 10.3 Å². The summed E-state index contributed by atoms with van der Waals surface area (Å²) in [6, 6.07) is 8.32. The van der Waals surface area contributed by atoms with Crippen molar-refractivity contribution in [1.29, 1.82) is 0 Å². The SMILES string of the molecule is O=C(NCCCn1ccnn1)C1CCCc2c1[nH]c1ccccc21. The van der Waals surface area contributed by atoms with E-state index in [2.05, 4.69) is 38.8 Å². The maximum absolute atomic E-state index is 12.6. The highest BCUT2D eigenvalue weighted by atomic mass is 16.1. The van der Waals surface area contributed by atoms with Crippen molar-refractivity contribution in [2.24, 2.45) is 0 Å². The minimum Gasteiger partial charge on any atom is -0.357 e. The lowest BCUT2D eigenvalue weighted by molar-refractivity contribution is -0.122. The van der Waals surface area contributed by atoms with Crippen LogP contribution in [-0.2, 0) is 17.8 Å². The van der Waals surface area contributed by atoms with E-state index in [1.54, 1.807) is 10.9 Å². The molecule has 0 aliphatic heterocycles. The van der Waals surface area contributed by atoms with E-state index < -0.39 is 0 Å². The lowest BCUT2D eigenvalue weighted by Crippen LogP contribution is -2.32. The summed E-state index contributed by atoms with van der Waals surface area (Å²) in [5, 5.41) is 12.0. The third kappa shape index (κ3) is 2.79. The topological polar surface area (TPSA) is 75.6 Å². The summed E-state index contributed by atoms with van der Waals surface area (Å²) in [5.74, 6) is 0.0635. The fraction of sp³-hybridized carbons (Fsp3) is 0.389. The maximum Gasteiger partial charge on any atom is 0.229 e. The Morgan fingerprint density at radius 2 is 2.29 bits per heavy atom. The van der Waals surface area contributed by atoms with Crippen molar-refractivity contribution >= 4 is 16.8 Å². The van der Waals surface area contributed by atoms with E-state index in [9.17, 15) is 4.79 Å². The molecule has 124 valence electrons. The molecule has 0 saturated heterocycles. The molecule has 0 fully saturated rings. The van der Waals surface area contributed by atoms with Crippen molar-refractivity contribution in [2.45, 2.75) is 38.1 Å². The Hall–Kier alpha value is -2.63. The maximum atomic E-state index is 12.6. The van der Waals surface area contributed by atoms with E-state index in [-0.39, 0.29) is 11.8 Å². The number of aromatic nitrogens is 4. The number of nitrogens with one attached hydrogen (secondary N) is 2. The molecule has 6 heteroatoms. The van der Waals surface area contributed by atoms with Gasteiger partial charge in [-0.15, -0.1) is 5.10 Å². The molecule has 6 nitrogen and oxygen atoms in total. The highest BCUT2D eigenvalue weighted by Gasteiger charge is 2.29. The van der Waals surface area contributed by atoms with Gasteiger partial charge in [0.05, 0.1) is 12.1 Å². The van der Waals surface area contributed by atoms with Gasteiger partial charge in [-0.1, -0.05) is 23.4 Å². The minimum absolute atomic E-state index is 0.0625. The third-order valence-electron chi connectivity index (χ3n) is 4.77. The van der Waals surface area contributed by atoms with Gasteiger partial charge in [0, 0.05) is 35.9 Å². The Bertz CT molecular complexity index is 836. The first-order valence-corrected chi connectivity index (χ1v) is 8.54. The van der Waals surface area contributed by atoms with E-state index in [4.69, 9.17) is 0 Å². The monoisotopic (exact) mass is 323 g/mol. The number of aryl methyl sites for hydroxylation is 2. The van der Waals surface area contributed by atoms with E-state index >= 15 is 0 Å². The summed E-state index contributed by atoms with van der Waals surface area (Å²) in [6.45, 7) is 1.42. The Labute approximate surface area is 140 Å². The van der Waals surface area contributed by atoms with Crippen LogP contribution < -0.4 is 5.32 Å². The van der Waals surface area contributed by atoms with Crippen LogP contribution >= 0.6 is 0 Å². The van der Waals surface area contributed by atoms with E-state index in [0.717, 1.165) is 43.4 Å². The number of H-pyrrole nitrogens is 1. The molecule has 2 N–H and O–H groups in total. The number of carbonyl (C=O) groups excluding carboxylic acids is 1. The second kappa shape index (κ2) is 6.47. The first kappa shape index (κ1) is 14.9. The number of rotatable bonds is 5. The van der Waals surface area contributed by atoms with Gasteiger partial charge in [-0.25, -0.2) is 0 Å². The van der Waals surface area contributed by atoms with Crippen LogP contribution in [0.25, 0.3) is 10.9 Å². The number of hydrogen-bond acceptors (Lipinski definition) is 3. The molecule has 0 radical (unpaired) electrons. The molecule has 0 bridgehead atoms. The van der Waals surface area contributed by atoms with Crippen molar-refractivity contribution in [1.82, 2.24) is 25.3 Å². The Balaban J connectivity index is 1.42. The molecule has 4 rings (SSSR count). The molecule has 0 spiro atoms. The predicted molar refractivity (Wildman–Crippen MR) is 91.6 cm³/mol. The third-order valence-corrected chi connectivity index (χ3v) is 4.77. The van der Waals surface area contributed by atoms with Crippen LogP contribution in [0.15, 0.2) is 36.7 Å². The minimum atomic E-state index is -0.0625. The number of hydrogen-bond donors (Lipinski definition) is 2. The highest BCUT2D eigenvalue weighted by molar-refractivity contribution is 5.90. The first-order chi connectivity index (χ1) is 11.8. The highest BCUT2D eigenvalue weighted by Crippen LogP contribution is 2.36. The van der Waals surface area contributed by atoms with E-state index in [0.29, 0.717) is 6.54 Å². The van der Waals surface area contributed by atoms with Crippen molar-refractivity contribution in [3.63, 3.8) is 0 Å². The molecule has 1 amide bonds. The average Bonchev–Trinajstić information content (AvgIpc) is 3.25. The van der Waals surface area contributed by atoms with Crippen molar-refractivity contribution in [3.8, 4) is 0 Å². The lowest BCUT2D eigenvalue weighted by Gasteiger charge is -2.22. The molecule has 3 aromatic rings. The van der Waals surface area contributed by atoms with Crippen LogP contribution in [0.3, 0.4) is 0 Å². The summed E-state index contributed by atoms with van der Waals surface area (Å²) in [5.41, 5.74) is 3.56. The van der Waals surface area contributed by atoms with Crippen LogP contribution in [0.4, 0.5) is 0 Å². The largest absolute Gasteiger partial charge is 0.357 e. The number of para-hydroxylation sites is 1. The Morgan fingerprint density at radius 1 is 1.38 bits per heavy atom. The average molecular weight is 323 g/mol. The van der Waals surface area contributed by atoms with Gasteiger partial charge in [-0.05, 0) is 37.3 Å². The molecule has 1 atom stereocenters. The number of nitrogens with zero attached hydrogens (tertiary/aromatic N) is 3. The number of carbonyl (C=O) groups is 1. The normalized spacial score (nSPS) is 16.9. The predicted octanol–water partition coefficient (Wildman–Crippen LogP) is 2.39. The standard InChI is InChI=1S/C18H21N5O/c24-18(19-9-4-11-23-12-10-20-22-23)15-7-3-6-14-13-5-1-2-8-16(13)21-17(14)15/h1-2,5,8,10,12,15,21H,3-4,6-7,9,11H2,(H,19,24). The molecule has 1 aromatic carbocycles. The molecular weight excluding hydrogens is 302 g/mol. The van der Waals surface area contributed by atoms with Gasteiger partial charge in [0.25, 0.3) is 0 Å². The van der Waals surface area contributed by atoms with Crippen LogP contribution in [0.2, 0.25) is 0 Å². The van der Waals surface area contributed by atoms with E-state index in [1.807, 2.05) is 12.3 Å². The van der Waals surface area contributed by atoms with Crippen LogP contribution in [0.1, 0.15) is 36.4 Å². The molecule has 1 aliphatic carbocycles. The van der Waals surface area contributed by atoms with Crippen LogP contribution in [0, 0.1) is 0 Å². The molecule has 2 heterocycles. The zero-order valence-corrected chi connectivity index (χ0v) is 13.5. The van der Waals surface area contributed by atoms with E-state index in [1.165, 1.54) is 10.9 Å². The van der Waals surface area contributed by atoms with Crippen molar-refractivity contribution < 1.29 is 4.79 Å². The number of aromatic amines is 1. The first-order valence-electron chi connectivity index (χ1n) is 8.54. The second-order valence-corrected chi connectivity index (χ2v) is 6.32. The van der Waals surface area contributed by atoms with Crippen LogP contribution in [0.5, 0.6) is 0 Å². The summed E-state index contributed by atoms with van der Waals surface area (Å²) in [6.07, 6.45) is 7.37. The smallest absolute Gasteiger partial charge is 0.229 e. The molecule has 2 aromatic heterocycles. The number of benzene rings is 1. The van der Waals surface area contributed by atoms with Gasteiger partial charge >= 0.3 is 0 Å². The quantitative estimate of drug-likeness (QED) is 0.708. The Morgan fingerprint density at radius 3 is 3.17 bits per heavy atom. The van der Waals surface area contributed by atoms with Gasteiger partial charge in [0.2, 0.25) is 5.91 Å². The number of amides is 1. The van der Waals surface area contributed by atoms with Gasteiger partial charge in [-0.2, -0.15) is 0 Å². The Kier molecular flexibility index (Phi) is 4.02. The van der Waals surface area contributed by atoms with Gasteiger partial charge in [0.1, 0.15) is 0 Å². The van der Waals surface area contributed by atoms with Crippen LogP contribution in [-0.4, -0.2) is 32.4 Å². The van der Waals surface area contributed by atoms with Crippen molar-refractivity contribution in [2.75, 3.05) is 6.54 Å².